The molecule has 1 aliphatic rings. The molecular formula is C18H26O2. The zero-order valence-electron chi connectivity index (χ0n) is 12.7. The third-order valence-corrected chi connectivity index (χ3v) is 4.36. The van der Waals surface area contributed by atoms with E-state index in [0.717, 1.165) is 18.1 Å². The van der Waals surface area contributed by atoms with Crippen molar-refractivity contribution in [2.24, 2.45) is 5.92 Å². The zero-order chi connectivity index (χ0) is 14.4. The zero-order valence-corrected chi connectivity index (χ0v) is 12.7. The summed E-state index contributed by atoms with van der Waals surface area (Å²) in [5.41, 5.74) is 1.21. The maximum Gasteiger partial charge on any atom is 0.130 e. The highest BCUT2D eigenvalue weighted by atomic mass is 16.5. The number of carbonyl (C=O) groups excluding carboxylic acids is 1. The summed E-state index contributed by atoms with van der Waals surface area (Å²) >= 11 is 0. The minimum absolute atomic E-state index is 0.248. The van der Waals surface area contributed by atoms with Gasteiger partial charge in [0.1, 0.15) is 11.5 Å². The molecule has 0 atom stereocenters. The lowest BCUT2D eigenvalue weighted by molar-refractivity contribution is -0.116. The first-order chi connectivity index (χ1) is 9.67. The topological polar surface area (TPSA) is 26.3 Å². The molecule has 1 aromatic carbocycles. The second-order valence-electron chi connectivity index (χ2n) is 6.01. The number of aryl methyl sites for hydroxylation is 1. The summed E-state index contributed by atoms with van der Waals surface area (Å²) in [6, 6.07) is 8.24. The maximum absolute atomic E-state index is 11.0. The molecule has 0 aromatic heterocycles. The van der Waals surface area contributed by atoms with Gasteiger partial charge in [-0.05, 0) is 62.6 Å². The molecule has 0 spiro atoms. The highest BCUT2D eigenvalue weighted by molar-refractivity contribution is 5.75. The van der Waals surface area contributed by atoms with Gasteiger partial charge in [0.2, 0.25) is 0 Å². The van der Waals surface area contributed by atoms with Gasteiger partial charge in [0.05, 0.1) is 6.10 Å². The van der Waals surface area contributed by atoms with E-state index in [2.05, 4.69) is 19.1 Å². The first-order valence-electron chi connectivity index (χ1n) is 7.92. The van der Waals surface area contributed by atoms with Crippen LogP contribution in [0.25, 0.3) is 0 Å². The fourth-order valence-corrected chi connectivity index (χ4v) is 2.91. The van der Waals surface area contributed by atoms with Gasteiger partial charge in [-0.3, -0.25) is 0 Å². The van der Waals surface area contributed by atoms with E-state index in [1.807, 2.05) is 12.1 Å². The van der Waals surface area contributed by atoms with Gasteiger partial charge >= 0.3 is 0 Å². The fraction of sp³-hybridized carbons (Fsp3) is 0.611. The van der Waals surface area contributed by atoms with E-state index in [-0.39, 0.29) is 5.78 Å². The van der Waals surface area contributed by atoms with E-state index in [0.29, 0.717) is 12.5 Å². The molecule has 2 nitrogen and oxygen atoms in total. The lowest BCUT2D eigenvalue weighted by Gasteiger charge is -2.28. The molecule has 0 saturated heterocycles. The molecule has 1 saturated carbocycles. The van der Waals surface area contributed by atoms with Crippen LogP contribution >= 0.6 is 0 Å². The van der Waals surface area contributed by atoms with Crippen LogP contribution in [-0.2, 0) is 11.2 Å². The fourth-order valence-electron chi connectivity index (χ4n) is 2.91. The first kappa shape index (κ1) is 15.1. The van der Waals surface area contributed by atoms with E-state index >= 15 is 0 Å². The Kier molecular flexibility index (Phi) is 5.63. The van der Waals surface area contributed by atoms with Crippen LogP contribution in [0.3, 0.4) is 0 Å². The van der Waals surface area contributed by atoms with E-state index in [1.165, 1.54) is 37.7 Å². The van der Waals surface area contributed by atoms with Gasteiger partial charge in [-0.1, -0.05) is 25.5 Å². The molecule has 0 N–H and O–H groups in total. The molecule has 0 radical (unpaired) electrons. The highest BCUT2D eigenvalue weighted by Gasteiger charge is 2.21. The molecule has 20 heavy (non-hydrogen) atoms. The molecule has 2 heteroatoms. The number of rotatable bonds is 6. The predicted octanol–water partition coefficient (Wildman–Crippen LogP) is 4.56. The van der Waals surface area contributed by atoms with E-state index in [1.54, 1.807) is 6.92 Å². The van der Waals surface area contributed by atoms with Crippen molar-refractivity contribution in [3.63, 3.8) is 0 Å². The Morgan fingerprint density at radius 3 is 2.35 bits per heavy atom. The summed E-state index contributed by atoms with van der Waals surface area (Å²) in [6.45, 7) is 3.93. The van der Waals surface area contributed by atoms with Gasteiger partial charge in [-0.2, -0.15) is 0 Å². The average Bonchev–Trinajstić information content (AvgIpc) is 2.47. The third kappa shape index (κ3) is 4.66. The highest BCUT2D eigenvalue weighted by Crippen LogP contribution is 2.29. The summed E-state index contributed by atoms with van der Waals surface area (Å²) < 4.78 is 6.06. The predicted molar refractivity (Wildman–Crippen MR) is 82.1 cm³/mol. The van der Waals surface area contributed by atoms with Crippen LogP contribution in [-0.4, -0.2) is 11.9 Å². The molecular weight excluding hydrogens is 248 g/mol. The molecule has 0 unspecified atom stereocenters. The molecule has 0 amide bonds. The number of carbonyl (C=O) groups is 1. The first-order valence-corrected chi connectivity index (χ1v) is 7.92. The Morgan fingerprint density at radius 1 is 1.15 bits per heavy atom. The van der Waals surface area contributed by atoms with Gasteiger partial charge in [-0.15, -0.1) is 0 Å². The number of hydrogen-bond donors (Lipinski definition) is 0. The van der Waals surface area contributed by atoms with Gasteiger partial charge in [0.15, 0.2) is 0 Å². The molecule has 2 rings (SSSR count). The summed E-state index contributed by atoms with van der Waals surface area (Å²) in [6.07, 6.45) is 8.13. The standard InChI is InChI=1S/C18H26O2/c1-3-15-6-10-17(11-7-15)20-18-12-8-16(9-13-18)5-4-14(2)19/h8-9,12-13,15,17H,3-7,10-11H2,1-2H3. The van der Waals surface area contributed by atoms with Crippen LogP contribution in [0.2, 0.25) is 0 Å². The van der Waals surface area contributed by atoms with Crippen molar-refractivity contribution in [3.8, 4) is 5.75 Å². The molecule has 0 heterocycles. The molecule has 1 fully saturated rings. The van der Waals surface area contributed by atoms with Crippen molar-refractivity contribution in [3.05, 3.63) is 29.8 Å². The SMILES string of the molecule is CCC1CCC(Oc2ccc(CCC(C)=O)cc2)CC1. The number of ether oxygens (including phenoxy) is 1. The molecule has 0 bridgehead atoms. The molecule has 0 aliphatic heterocycles. The van der Waals surface area contributed by atoms with Gasteiger partial charge < -0.3 is 9.53 Å². The van der Waals surface area contributed by atoms with Crippen molar-refractivity contribution in [2.75, 3.05) is 0 Å². The number of benzene rings is 1. The second kappa shape index (κ2) is 7.47. The van der Waals surface area contributed by atoms with Crippen LogP contribution in [0.15, 0.2) is 24.3 Å². The van der Waals surface area contributed by atoms with Crippen molar-refractivity contribution in [1.29, 1.82) is 0 Å². The van der Waals surface area contributed by atoms with Crippen LogP contribution < -0.4 is 4.74 Å². The normalized spacial score (nSPS) is 22.5. The van der Waals surface area contributed by atoms with Crippen molar-refractivity contribution in [1.82, 2.24) is 0 Å². The average molecular weight is 274 g/mol. The van der Waals surface area contributed by atoms with E-state index < -0.39 is 0 Å². The lowest BCUT2D eigenvalue weighted by atomic mass is 9.86. The van der Waals surface area contributed by atoms with Gasteiger partial charge in [0, 0.05) is 6.42 Å². The number of Topliss-reactive ketones (excluding diaryl/α,β-unsaturated/α-hetero) is 1. The summed E-state index contributed by atoms with van der Waals surface area (Å²) in [5, 5.41) is 0. The van der Waals surface area contributed by atoms with E-state index in [9.17, 15) is 4.79 Å². The summed E-state index contributed by atoms with van der Waals surface area (Å²) in [4.78, 5) is 11.0. The third-order valence-electron chi connectivity index (χ3n) is 4.36. The number of hydrogen-bond acceptors (Lipinski definition) is 2. The Balaban J connectivity index is 1.80. The van der Waals surface area contributed by atoms with E-state index in [4.69, 9.17) is 4.74 Å². The molecule has 110 valence electrons. The molecule has 1 aromatic rings. The smallest absolute Gasteiger partial charge is 0.130 e. The van der Waals surface area contributed by atoms with Crippen LogP contribution in [0.1, 0.15) is 57.9 Å². The summed E-state index contributed by atoms with van der Waals surface area (Å²) in [5.74, 6) is 2.12. The van der Waals surface area contributed by atoms with Gasteiger partial charge in [0.25, 0.3) is 0 Å². The van der Waals surface area contributed by atoms with Crippen LogP contribution in [0.5, 0.6) is 5.75 Å². The Morgan fingerprint density at radius 2 is 1.80 bits per heavy atom. The van der Waals surface area contributed by atoms with Crippen LogP contribution in [0.4, 0.5) is 0 Å². The minimum atomic E-state index is 0.248. The van der Waals surface area contributed by atoms with Crippen LogP contribution in [0, 0.1) is 5.92 Å². The minimum Gasteiger partial charge on any atom is -0.490 e. The largest absolute Gasteiger partial charge is 0.490 e. The monoisotopic (exact) mass is 274 g/mol. The lowest BCUT2D eigenvalue weighted by Crippen LogP contribution is -2.23. The Bertz CT molecular complexity index is 414. The molecule has 1 aliphatic carbocycles. The summed E-state index contributed by atoms with van der Waals surface area (Å²) in [7, 11) is 0. The van der Waals surface area contributed by atoms with Crippen molar-refractivity contribution >= 4 is 5.78 Å². The Hall–Kier alpha value is -1.31. The van der Waals surface area contributed by atoms with Crippen molar-refractivity contribution < 1.29 is 9.53 Å². The Labute approximate surface area is 122 Å². The second-order valence-corrected chi connectivity index (χ2v) is 6.01. The van der Waals surface area contributed by atoms with Gasteiger partial charge in [-0.25, -0.2) is 0 Å². The maximum atomic E-state index is 11.0. The number of ketones is 1. The van der Waals surface area contributed by atoms with Crippen molar-refractivity contribution in [2.45, 2.75) is 64.9 Å². The quantitative estimate of drug-likeness (QED) is 0.760.